The summed E-state index contributed by atoms with van der Waals surface area (Å²) in [4.78, 5) is 10.4. The van der Waals surface area contributed by atoms with Crippen molar-refractivity contribution < 1.29 is 15.0 Å². The molecule has 0 aliphatic carbocycles. The topological polar surface area (TPSA) is 95.6 Å². The number of carboxylic acid groups (broad SMARTS) is 1. The number of phenols is 1. The van der Waals surface area contributed by atoms with Crippen LogP contribution in [0.4, 0.5) is 0 Å². The number of nitrogens with two attached hydrogens (primary N) is 1. The number of benzene rings is 1. The summed E-state index contributed by atoms with van der Waals surface area (Å²) in [6, 6.07) is 6.04. The van der Waals surface area contributed by atoms with Crippen molar-refractivity contribution in [2.45, 2.75) is 12.5 Å². The van der Waals surface area contributed by atoms with Crippen molar-refractivity contribution in [1.82, 2.24) is 5.32 Å². The quantitative estimate of drug-likeness (QED) is 0.508. The summed E-state index contributed by atoms with van der Waals surface area (Å²) in [6.45, 7) is 0.916. The van der Waals surface area contributed by atoms with Gasteiger partial charge in [0, 0.05) is 6.54 Å². The third kappa shape index (κ3) is 4.29. The van der Waals surface area contributed by atoms with E-state index in [0.29, 0.717) is 6.54 Å². The molecule has 0 aliphatic heterocycles. The Kier molecular flexibility index (Phi) is 4.75. The van der Waals surface area contributed by atoms with Gasteiger partial charge >= 0.3 is 5.97 Å². The standard InChI is InChI=1S/C11H16N2O3/c12-10(11(15)16)7-13-6-5-8-1-3-9(14)4-2-8/h1-4,10,13-14H,5-7,12H2,(H,15,16). The molecule has 1 unspecified atom stereocenters. The molecule has 5 N–H and O–H groups in total. The normalized spacial score (nSPS) is 12.3. The highest BCUT2D eigenvalue weighted by Gasteiger charge is 2.09. The van der Waals surface area contributed by atoms with Crippen LogP contribution in [-0.4, -0.2) is 35.3 Å². The van der Waals surface area contributed by atoms with Gasteiger partial charge in [-0.2, -0.15) is 0 Å². The number of aromatic hydroxyl groups is 1. The van der Waals surface area contributed by atoms with Crippen molar-refractivity contribution in [3.05, 3.63) is 29.8 Å². The molecule has 1 atom stereocenters. The van der Waals surface area contributed by atoms with Gasteiger partial charge in [-0.05, 0) is 30.7 Å². The molecule has 1 aromatic carbocycles. The van der Waals surface area contributed by atoms with E-state index in [1.807, 2.05) is 12.1 Å². The summed E-state index contributed by atoms with van der Waals surface area (Å²) >= 11 is 0. The first-order chi connectivity index (χ1) is 7.59. The lowest BCUT2D eigenvalue weighted by atomic mass is 10.1. The lowest BCUT2D eigenvalue weighted by Gasteiger charge is -2.08. The maximum atomic E-state index is 10.4. The molecule has 0 fully saturated rings. The third-order valence-corrected chi connectivity index (χ3v) is 2.21. The molecular weight excluding hydrogens is 208 g/mol. The van der Waals surface area contributed by atoms with Gasteiger partial charge in [-0.1, -0.05) is 12.1 Å². The smallest absolute Gasteiger partial charge is 0.321 e. The highest BCUT2D eigenvalue weighted by atomic mass is 16.4. The van der Waals surface area contributed by atoms with E-state index in [1.165, 1.54) is 0 Å². The first kappa shape index (κ1) is 12.5. The molecule has 0 radical (unpaired) electrons. The van der Waals surface area contributed by atoms with Crippen LogP contribution >= 0.6 is 0 Å². The summed E-state index contributed by atoms with van der Waals surface area (Å²) in [5, 5.41) is 20.6. The van der Waals surface area contributed by atoms with Gasteiger partial charge in [0.25, 0.3) is 0 Å². The van der Waals surface area contributed by atoms with Crippen LogP contribution in [0.15, 0.2) is 24.3 Å². The van der Waals surface area contributed by atoms with Crippen LogP contribution in [0.3, 0.4) is 0 Å². The summed E-state index contributed by atoms with van der Waals surface area (Å²) in [7, 11) is 0. The minimum atomic E-state index is -1.00. The molecule has 0 saturated carbocycles. The third-order valence-electron chi connectivity index (χ3n) is 2.21. The number of phenolic OH excluding ortho intramolecular Hbond substituents is 1. The molecule has 0 saturated heterocycles. The molecule has 1 rings (SSSR count). The van der Waals surface area contributed by atoms with Crippen LogP contribution in [0, 0.1) is 0 Å². The van der Waals surface area contributed by atoms with Crippen molar-refractivity contribution in [1.29, 1.82) is 0 Å². The number of carbonyl (C=O) groups is 1. The Morgan fingerprint density at radius 3 is 2.56 bits per heavy atom. The van der Waals surface area contributed by atoms with Crippen molar-refractivity contribution in [2.24, 2.45) is 5.73 Å². The maximum absolute atomic E-state index is 10.4. The SMILES string of the molecule is NC(CNCCc1ccc(O)cc1)C(=O)O. The van der Waals surface area contributed by atoms with Crippen LogP contribution in [0.5, 0.6) is 5.75 Å². The molecule has 0 spiro atoms. The van der Waals surface area contributed by atoms with E-state index in [1.54, 1.807) is 12.1 Å². The summed E-state index contributed by atoms with van der Waals surface area (Å²) in [5.41, 5.74) is 6.40. The van der Waals surface area contributed by atoms with Gasteiger partial charge in [-0.3, -0.25) is 4.79 Å². The Morgan fingerprint density at radius 2 is 2.00 bits per heavy atom. The summed E-state index contributed by atoms with van der Waals surface area (Å²) in [6.07, 6.45) is 0.770. The van der Waals surface area contributed by atoms with Crippen molar-refractivity contribution in [3.63, 3.8) is 0 Å². The van der Waals surface area contributed by atoms with Gasteiger partial charge < -0.3 is 21.3 Å². The minimum absolute atomic E-state index is 0.240. The van der Waals surface area contributed by atoms with Crippen molar-refractivity contribution in [3.8, 4) is 5.75 Å². The zero-order valence-corrected chi connectivity index (χ0v) is 8.89. The minimum Gasteiger partial charge on any atom is -0.508 e. The van der Waals surface area contributed by atoms with E-state index in [0.717, 1.165) is 12.0 Å². The largest absolute Gasteiger partial charge is 0.508 e. The van der Waals surface area contributed by atoms with Gasteiger partial charge in [0.2, 0.25) is 0 Å². The highest BCUT2D eigenvalue weighted by Crippen LogP contribution is 2.09. The first-order valence-corrected chi connectivity index (χ1v) is 5.06. The fourth-order valence-corrected chi connectivity index (χ4v) is 1.24. The number of nitrogens with one attached hydrogen (secondary N) is 1. The van der Waals surface area contributed by atoms with E-state index in [4.69, 9.17) is 15.9 Å². The van der Waals surface area contributed by atoms with E-state index in [2.05, 4.69) is 5.32 Å². The lowest BCUT2D eigenvalue weighted by Crippen LogP contribution is -2.40. The van der Waals surface area contributed by atoms with Gasteiger partial charge in [-0.25, -0.2) is 0 Å². The van der Waals surface area contributed by atoms with E-state index < -0.39 is 12.0 Å². The zero-order chi connectivity index (χ0) is 12.0. The second kappa shape index (κ2) is 6.09. The number of hydrogen-bond acceptors (Lipinski definition) is 4. The predicted molar refractivity (Wildman–Crippen MR) is 60.3 cm³/mol. The van der Waals surface area contributed by atoms with Crippen LogP contribution in [0.1, 0.15) is 5.56 Å². The fraction of sp³-hybridized carbons (Fsp3) is 0.364. The Balaban J connectivity index is 2.21. The molecule has 0 aromatic heterocycles. The molecule has 0 amide bonds. The first-order valence-electron chi connectivity index (χ1n) is 5.06. The number of rotatable bonds is 6. The van der Waals surface area contributed by atoms with E-state index in [-0.39, 0.29) is 12.3 Å². The Labute approximate surface area is 93.9 Å². The highest BCUT2D eigenvalue weighted by molar-refractivity contribution is 5.73. The van der Waals surface area contributed by atoms with Crippen molar-refractivity contribution in [2.75, 3.05) is 13.1 Å². The second-order valence-corrected chi connectivity index (χ2v) is 3.57. The van der Waals surface area contributed by atoms with Crippen LogP contribution in [-0.2, 0) is 11.2 Å². The summed E-state index contributed by atoms with van der Waals surface area (Å²) < 4.78 is 0. The number of hydrogen-bond donors (Lipinski definition) is 4. The molecule has 16 heavy (non-hydrogen) atoms. The molecule has 88 valence electrons. The fourth-order valence-electron chi connectivity index (χ4n) is 1.24. The van der Waals surface area contributed by atoms with E-state index >= 15 is 0 Å². The Morgan fingerprint density at radius 1 is 1.38 bits per heavy atom. The zero-order valence-electron chi connectivity index (χ0n) is 8.89. The van der Waals surface area contributed by atoms with Crippen molar-refractivity contribution >= 4 is 5.97 Å². The Bertz CT molecular complexity index is 338. The van der Waals surface area contributed by atoms with Gasteiger partial charge in [-0.15, -0.1) is 0 Å². The maximum Gasteiger partial charge on any atom is 0.321 e. The molecule has 1 aromatic rings. The number of carboxylic acids is 1. The lowest BCUT2D eigenvalue weighted by molar-refractivity contribution is -0.138. The summed E-state index contributed by atoms with van der Waals surface area (Å²) in [5.74, 6) is -0.762. The molecular formula is C11H16N2O3. The van der Waals surface area contributed by atoms with Crippen LogP contribution < -0.4 is 11.1 Å². The average molecular weight is 224 g/mol. The molecule has 5 heteroatoms. The Hall–Kier alpha value is -1.59. The van der Waals surface area contributed by atoms with Gasteiger partial charge in [0.1, 0.15) is 11.8 Å². The second-order valence-electron chi connectivity index (χ2n) is 3.57. The molecule has 0 heterocycles. The van der Waals surface area contributed by atoms with Gasteiger partial charge in [0.05, 0.1) is 0 Å². The van der Waals surface area contributed by atoms with Crippen LogP contribution in [0.2, 0.25) is 0 Å². The molecule has 5 nitrogen and oxygen atoms in total. The molecule has 0 bridgehead atoms. The number of aliphatic carboxylic acids is 1. The average Bonchev–Trinajstić information content (AvgIpc) is 2.26. The molecule has 0 aliphatic rings. The van der Waals surface area contributed by atoms with Crippen LogP contribution in [0.25, 0.3) is 0 Å². The predicted octanol–water partition coefficient (Wildman–Crippen LogP) is -0.0638. The van der Waals surface area contributed by atoms with E-state index in [9.17, 15) is 4.79 Å². The monoisotopic (exact) mass is 224 g/mol. The van der Waals surface area contributed by atoms with Gasteiger partial charge in [0.15, 0.2) is 0 Å².